The van der Waals surface area contributed by atoms with Gasteiger partial charge in [-0.15, -0.1) is 0 Å². The van der Waals surface area contributed by atoms with Crippen LogP contribution >= 0.6 is 0 Å². The number of hydrogen-bond donors (Lipinski definition) is 2. The standard InChI is InChI=1S/C14H20N2O3/c1-14(7-4-8-19-9-14)16-13(17)10-5-3-6-11(18-2)12(10)15/h3,5-6H,4,7-9,15H2,1-2H3,(H,16,17). The molecule has 5 nitrogen and oxygen atoms in total. The predicted octanol–water partition coefficient (Wildman–Crippen LogP) is 1.58. The van der Waals surface area contributed by atoms with Gasteiger partial charge in [0.05, 0.1) is 30.5 Å². The number of benzene rings is 1. The molecule has 1 aliphatic rings. The van der Waals surface area contributed by atoms with Crippen LogP contribution in [-0.4, -0.2) is 31.8 Å². The topological polar surface area (TPSA) is 73.6 Å². The first-order valence-electron chi connectivity index (χ1n) is 6.38. The van der Waals surface area contributed by atoms with E-state index in [9.17, 15) is 4.79 Å². The van der Waals surface area contributed by atoms with E-state index in [1.165, 1.54) is 7.11 Å². The molecule has 0 spiro atoms. The molecule has 0 radical (unpaired) electrons. The summed E-state index contributed by atoms with van der Waals surface area (Å²) in [6.07, 6.45) is 1.85. The molecule has 1 aromatic carbocycles. The molecule has 0 bridgehead atoms. The molecule has 0 aliphatic carbocycles. The number of methoxy groups -OCH3 is 1. The highest BCUT2D eigenvalue weighted by Crippen LogP contribution is 2.26. The molecule has 1 fully saturated rings. The number of ether oxygens (including phenoxy) is 2. The van der Waals surface area contributed by atoms with E-state index < -0.39 is 0 Å². The Morgan fingerprint density at radius 3 is 2.95 bits per heavy atom. The lowest BCUT2D eigenvalue weighted by Crippen LogP contribution is -2.51. The molecular weight excluding hydrogens is 244 g/mol. The van der Waals surface area contributed by atoms with E-state index in [-0.39, 0.29) is 11.4 Å². The molecule has 1 atom stereocenters. The second kappa shape index (κ2) is 5.48. The Kier molecular flexibility index (Phi) is 3.95. The number of hydrogen-bond acceptors (Lipinski definition) is 4. The van der Waals surface area contributed by atoms with Gasteiger partial charge in [-0.1, -0.05) is 6.07 Å². The first-order valence-corrected chi connectivity index (χ1v) is 6.38. The van der Waals surface area contributed by atoms with Crippen molar-refractivity contribution in [3.05, 3.63) is 23.8 Å². The smallest absolute Gasteiger partial charge is 0.254 e. The van der Waals surface area contributed by atoms with Crippen LogP contribution in [0.25, 0.3) is 0 Å². The molecule has 19 heavy (non-hydrogen) atoms. The average molecular weight is 264 g/mol. The van der Waals surface area contributed by atoms with Gasteiger partial charge in [0.15, 0.2) is 0 Å². The Labute approximate surface area is 113 Å². The van der Waals surface area contributed by atoms with Crippen molar-refractivity contribution in [2.24, 2.45) is 0 Å². The fourth-order valence-corrected chi connectivity index (χ4v) is 2.29. The van der Waals surface area contributed by atoms with Gasteiger partial charge in [0.2, 0.25) is 0 Å². The highest BCUT2D eigenvalue weighted by Gasteiger charge is 2.30. The fourth-order valence-electron chi connectivity index (χ4n) is 2.29. The number of nitrogen functional groups attached to an aromatic ring is 1. The van der Waals surface area contributed by atoms with Crippen LogP contribution in [0.1, 0.15) is 30.1 Å². The molecular formula is C14H20N2O3. The van der Waals surface area contributed by atoms with Gasteiger partial charge in [0.25, 0.3) is 5.91 Å². The van der Waals surface area contributed by atoms with Crippen molar-refractivity contribution >= 4 is 11.6 Å². The lowest BCUT2D eigenvalue weighted by Gasteiger charge is -2.34. The second-order valence-electron chi connectivity index (χ2n) is 5.09. The molecule has 104 valence electrons. The van der Waals surface area contributed by atoms with E-state index in [0.29, 0.717) is 23.6 Å². The minimum atomic E-state index is -0.329. The van der Waals surface area contributed by atoms with Crippen LogP contribution in [-0.2, 0) is 4.74 Å². The number of carbonyl (C=O) groups excluding carboxylic acids is 1. The second-order valence-corrected chi connectivity index (χ2v) is 5.09. The first-order chi connectivity index (χ1) is 9.06. The van der Waals surface area contributed by atoms with E-state index in [1.54, 1.807) is 18.2 Å². The molecule has 2 rings (SSSR count). The molecule has 1 aliphatic heterocycles. The quantitative estimate of drug-likeness (QED) is 0.813. The third-order valence-electron chi connectivity index (χ3n) is 3.38. The molecule has 5 heteroatoms. The van der Waals surface area contributed by atoms with Crippen LogP contribution < -0.4 is 15.8 Å². The van der Waals surface area contributed by atoms with E-state index in [2.05, 4.69) is 5.32 Å². The minimum Gasteiger partial charge on any atom is -0.495 e. The van der Waals surface area contributed by atoms with Gasteiger partial charge in [-0.25, -0.2) is 0 Å². The lowest BCUT2D eigenvalue weighted by molar-refractivity contribution is 0.0273. The van der Waals surface area contributed by atoms with Gasteiger partial charge >= 0.3 is 0 Å². The van der Waals surface area contributed by atoms with E-state index >= 15 is 0 Å². The number of para-hydroxylation sites is 1. The van der Waals surface area contributed by atoms with Gasteiger partial charge in [0, 0.05) is 6.61 Å². The summed E-state index contributed by atoms with van der Waals surface area (Å²) < 4.78 is 10.5. The monoisotopic (exact) mass is 264 g/mol. The number of amides is 1. The van der Waals surface area contributed by atoms with Crippen molar-refractivity contribution in [1.82, 2.24) is 5.32 Å². The Balaban J connectivity index is 2.16. The van der Waals surface area contributed by atoms with Gasteiger partial charge in [-0.2, -0.15) is 0 Å². The predicted molar refractivity (Wildman–Crippen MR) is 73.3 cm³/mol. The van der Waals surface area contributed by atoms with Crippen LogP contribution in [0, 0.1) is 0 Å². The summed E-state index contributed by atoms with van der Waals surface area (Å²) in [5.41, 5.74) is 6.40. The zero-order valence-electron chi connectivity index (χ0n) is 11.4. The Morgan fingerprint density at radius 2 is 2.32 bits per heavy atom. The van der Waals surface area contributed by atoms with E-state index in [4.69, 9.17) is 15.2 Å². The molecule has 1 unspecified atom stereocenters. The summed E-state index contributed by atoms with van der Waals surface area (Å²) >= 11 is 0. The third-order valence-corrected chi connectivity index (χ3v) is 3.38. The number of nitrogens with two attached hydrogens (primary N) is 1. The van der Waals surface area contributed by atoms with Crippen LogP contribution in [0.5, 0.6) is 5.75 Å². The van der Waals surface area contributed by atoms with Crippen molar-refractivity contribution in [1.29, 1.82) is 0 Å². The van der Waals surface area contributed by atoms with Crippen LogP contribution in [0.4, 0.5) is 5.69 Å². The molecule has 0 saturated carbocycles. The Bertz CT molecular complexity index is 468. The van der Waals surface area contributed by atoms with Gasteiger partial charge in [0.1, 0.15) is 5.75 Å². The van der Waals surface area contributed by atoms with Crippen molar-refractivity contribution < 1.29 is 14.3 Å². The van der Waals surface area contributed by atoms with Crippen molar-refractivity contribution in [3.8, 4) is 5.75 Å². The van der Waals surface area contributed by atoms with Gasteiger partial charge in [-0.3, -0.25) is 4.79 Å². The SMILES string of the molecule is COc1cccc(C(=O)NC2(C)CCCOC2)c1N. The number of carbonyl (C=O) groups is 1. The maximum absolute atomic E-state index is 12.3. The first kappa shape index (κ1) is 13.7. The molecule has 1 aromatic rings. The summed E-state index contributed by atoms with van der Waals surface area (Å²) in [6.45, 7) is 3.27. The summed E-state index contributed by atoms with van der Waals surface area (Å²) in [7, 11) is 1.53. The number of rotatable bonds is 3. The molecule has 1 amide bonds. The highest BCUT2D eigenvalue weighted by molar-refractivity contribution is 6.00. The van der Waals surface area contributed by atoms with Crippen molar-refractivity contribution in [3.63, 3.8) is 0 Å². The summed E-state index contributed by atoms with van der Waals surface area (Å²) in [5.74, 6) is 0.321. The van der Waals surface area contributed by atoms with Crippen LogP contribution in [0.3, 0.4) is 0 Å². The molecule has 3 N–H and O–H groups in total. The average Bonchev–Trinajstić information content (AvgIpc) is 2.39. The van der Waals surface area contributed by atoms with E-state index in [0.717, 1.165) is 19.4 Å². The summed E-state index contributed by atoms with van der Waals surface area (Å²) in [6, 6.07) is 5.18. The molecule has 0 aromatic heterocycles. The minimum absolute atomic E-state index is 0.190. The van der Waals surface area contributed by atoms with Gasteiger partial charge < -0.3 is 20.5 Å². The Morgan fingerprint density at radius 1 is 1.53 bits per heavy atom. The van der Waals surface area contributed by atoms with Crippen molar-refractivity contribution in [2.75, 3.05) is 26.1 Å². The highest BCUT2D eigenvalue weighted by atomic mass is 16.5. The fraction of sp³-hybridized carbons (Fsp3) is 0.500. The molecule has 1 saturated heterocycles. The zero-order chi connectivity index (χ0) is 13.9. The summed E-state index contributed by atoms with van der Waals surface area (Å²) in [5, 5.41) is 3.00. The van der Waals surface area contributed by atoms with Crippen LogP contribution in [0.15, 0.2) is 18.2 Å². The number of nitrogens with one attached hydrogen (secondary N) is 1. The number of anilines is 1. The summed E-state index contributed by atoms with van der Waals surface area (Å²) in [4.78, 5) is 12.3. The largest absolute Gasteiger partial charge is 0.495 e. The maximum Gasteiger partial charge on any atom is 0.254 e. The van der Waals surface area contributed by atoms with Gasteiger partial charge in [-0.05, 0) is 31.9 Å². The molecule has 1 heterocycles. The third kappa shape index (κ3) is 2.98. The van der Waals surface area contributed by atoms with Crippen molar-refractivity contribution in [2.45, 2.75) is 25.3 Å². The van der Waals surface area contributed by atoms with Crippen LogP contribution in [0.2, 0.25) is 0 Å². The Hall–Kier alpha value is -1.75. The lowest BCUT2D eigenvalue weighted by atomic mass is 9.94. The van der Waals surface area contributed by atoms with E-state index in [1.807, 2.05) is 6.92 Å². The zero-order valence-corrected chi connectivity index (χ0v) is 11.4. The normalized spacial score (nSPS) is 22.8. The maximum atomic E-state index is 12.3.